The zero-order valence-corrected chi connectivity index (χ0v) is 24.2. The Morgan fingerprint density at radius 2 is 1.62 bits per heavy atom. The van der Waals surface area contributed by atoms with E-state index in [4.69, 9.17) is 9.47 Å². The number of aromatic nitrogens is 1. The molecule has 2 N–H and O–H groups in total. The minimum atomic E-state index is -2.35. The Morgan fingerprint density at radius 3 is 2.29 bits per heavy atom. The number of carbonyl (C=O) groups is 1. The maximum absolute atomic E-state index is 14.2. The number of hydrogen-bond acceptors (Lipinski definition) is 6. The number of aliphatic hydroxyl groups excluding tert-OH is 1. The van der Waals surface area contributed by atoms with E-state index < -0.39 is 53.0 Å². The van der Waals surface area contributed by atoms with Crippen LogP contribution in [0.3, 0.4) is 0 Å². The van der Waals surface area contributed by atoms with Crippen molar-refractivity contribution in [1.82, 2.24) is 9.88 Å². The first kappa shape index (κ1) is 32.2. The minimum absolute atomic E-state index is 0.0205. The van der Waals surface area contributed by atoms with Crippen molar-refractivity contribution in [2.45, 2.75) is 37.9 Å². The topological polar surface area (TPSA) is 83.9 Å². The molecule has 1 amide bonds. The predicted molar refractivity (Wildman–Crippen MR) is 154 cm³/mol. The highest BCUT2D eigenvalue weighted by Crippen LogP contribution is 2.38. The van der Waals surface area contributed by atoms with E-state index in [-0.39, 0.29) is 18.4 Å². The molecule has 3 atom stereocenters. The van der Waals surface area contributed by atoms with Crippen molar-refractivity contribution in [3.63, 3.8) is 0 Å². The average Bonchev–Trinajstić information content (AvgIpc) is 3.06. The van der Waals surface area contributed by atoms with Crippen LogP contribution in [0.15, 0.2) is 72.9 Å². The number of aliphatic hydroxyl groups is 1. The summed E-state index contributed by atoms with van der Waals surface area (Å²) < 4.78 is 82.0. The third kappa shape index (κ3) is 7.54. The number of rotatable bonds is 10. The van der Waals surface area contributed by atoms with E-state index in [1.807, 2.05) is 37.4 Å². The second kappa shape index (κ2) is 14.2. The molecule has 0 saturated carbocycles. The molecular formula is C33H30F5N3O4. The van der Waals surface area contributed by atoms with Crippen LogP contribution in [0.5, 0.6) is 0 Å². The molecule has 0 aliphatic carbocycles. The molecule has 2 heterocycles. The van der Waals surface area contributed by atoms with Crippen LogP contribution in [0.4, 0.5) is 27.6 Å². The van der Waals surface area contributed by atoms with Gasteiger partial charge >= 0.3 is 0 Å². The highest BCUT2D eigenvalue weighted by atomic mass is 19.2. The summed E-state index contributed by atoms with van der Waals surface area (Å²) in [4.78, 5) is 19.1. The van der Waals surface area contributed by atoms with Crippen molar-refractivity contribution in [3.05, 3.63) is 130 Å². The second-order valence-electron chi connectivity index (χ2n) is 10.7. The lowest BCUT2D eigenvalue weighted by molar-refractivity contribution is -0.252. The van der Waals surface area contributed by atoms with Crippen molar-refractivity contribution in [3.8, 4) is 0 Å². The molecule has 0 radical (unpaired) electrons. The minimum Gasteiger partial charge on any atom is -0.392 e. The lowest BCUT2D eigenvalue weighted by Crippen LogP contribution is -2.38. The predicted octanol–water partition coefficient (Wildman–Crippen LogP) is 6.24. The number of halogens is 5. The Bertz CT molecular complexity index is 1610. The normalized spacial score (nSPS) is 18.3. The van der Waals surface area contributed by atoms with Crippen molar-refractivity contribution in [1.29, 1.82) is 0 Å². The van der Waals surface area contributed by atoms with Gasteiger partial charge in [-0.25, -0.2) is 22.0 Å². The smallest absolute Gasteiger partial charge is 0.261 e. The SMILES string of the molecule is CN(CCc1ccccn1)C[C@H]1C[C@@H](c2ccc(CO)cc2)O[C@@H](c2cccc(NC(=O)c3c(F)c(F)c(F)c(F)c3F)c2)O1. The first-order valence-corrected chi connectivity index (χ1v) is 14.2. The van der Waals surface area contributed by atoms with Gasteiger partial charge in [-0.05, 0) is 42.4 Å². The monoisotopic (exact) mass is 627 g/mol. The Balaban J connectivity index is 1.35. The second-order valence-corrected chi connectivity index (χ2v) is 10.7. The van der Waals surface area contributed by atoms with Gasteiger partial charge in [0.05, 0.1) is 18.8 Å². The summed E-state index contributed by atoms with van der Waals surface area (Å²) in [7, 11) is 1.97. The van der Waals surface area contributed by atoms with Crippen LogP contribution in [0.2, 0.25) is 0 Å². The number of benzene rings is 3. The number of carbonyl (C=O) groups excluding carboxylic acids is 1. The Hall–Kier alpha value is -4.23. The standard InChI is InChI=1S/C33H30F5N3O4/c1-41(14-12-22-6-2-3-13-39-22)17-24-16-25(20-10-8-19(18-42)9-11-20)45-33(44-24)21-5-4-7-23(15-21)40-32(43)26-27(34)29(36)31(38)30(37)28(26)35/h2-11,13,15,24-25,33,42H,12,14,16-18H2,1H3,(H,40,43)/t24-,25+,33+/m1/s1. The molecule has 0 unspecified atom stereocenters. The van der Waals surface area contributed by atoms with E-state index in [2.05, 4.69) is 15.2 Å². The number of ether oxygens (including phenoxy) is 2. The van der Waals surface area contributed by atoms with Gasteiger partial charge < -0.3 is 24.8 Å². The van der Waals surface area contributed by atoms with E-state index >= 15 is 0 Å². The summed E-state index contributed by atoms with van der Waals surface area (Å²) in [5.74, 6) is -12.8. The van der Waals surface area contributed by atoms with Gasteiger partial charge in [-0.15, -0.1) is 0 Å². The molecule has 1 aliphatic heterocycles. The molecule has 1 saturated heterocycles. The number of nitrogens with zero attached hydrogens (tertiary/aromatic N) is 2. The Morgan fingerprint density at radius 1 is 0.911 bits per heavy atom. The molecule has 12 heteroatoms. The van der Waals surface area contributed by atoms with E-state index in [0.717, 1.165) is 29.8 Å². The maximum Gasteiger partial charge on any atom is 0.261 e. The molecule has 3 aromatic carbocycles. The lowest BCUT2D eigenvalue weighted by Gasteiger charge is -2.38. The average molecular weight is 628 g/mol. The van der Waals surface area contributed by atoms with Crippen molar-refractivity contribution >= 4 is 11.6 Å². The third-order valence-electron chi connectivity index (χ3n) is 7.46. The fourth-order valence-electron chi connectivity index (χ4n) is 5.08. The van der Waals surface area contributed by atoms with Crippen LogP contribution in [0.25, 0.3) is 0 Å². The number of amides is 1. The summed E-state index contributed by atoms with van der Waals surface area (Å²) in [5, 5.41) is 11.6. The first-order chi connectivity index (χ1) is 21.6. The van der Waals surface area contributed by atoms with Crippen LogP contribution in [-0.4, -0.2) is 47.1 Å². The summed E-state index contributed by atoms with van der Waals surface area (Å²) in [6.07, 6.45) is 1.36. The van der Waals surface area contributed by atoms with Gasteiger partial charge in [0, 0.05) is 49.1 Å². The molecular weight excluding hydrogens is 597 g/mol. The number of likely N-dealkylation sites (N-methyl/N-ethyl adjacent to an activating group) is 1. The molecule has 1 fully saturated rings. The summed E-state index contributed by atoms with van der Waals surface area (Å²) in [6.45, 7) is 1.16. The fourth-order valence-corrected chi connectivity index (χ4v) is 5.08. The van der Waals surface area contributed by atoms with Gasteiger partial charge in [-0.2, -0.15) is 0 Å². The number of anilines is 1. The zero-order chi connectivity index (χ0) is 32.1. The van der Waals surface area contributed by atoms with E-state index in [1.165, 1.54) is 18.2 Å². The number of nitrogens with one attached hydrogen (secondary N) is 1. The maximum atomic E-state index is 14.2. The summed E-state index contributed by atoms with van der Waals surface area (Å²) >= 11 is 0. The van der Waals surface area contributed by atoms with Crippen LogP contribution in [0, 0.1) is 29.1 Å². The van der Waals surface area contributed by atoms with Crippen molar-refractivity contribution < 1.29 is 41.3 Å². The number of pyridine rings is 1. The van der Waals surface area contributed by atoms with E-state index in [1.54, 1.807) is 24.4 Å². The first-order valence-electron chi connectivity index (χ1n) is 14.2. The molecule has 236 valence electrons. The van der Waals surface area contributed by atoms with Crippen molar-refractivity contribution in [2.75, 3.05) is 25.5 Å². The van der Waals surface area contributed by atoms with E-state index in [0.29, 0.717) is 18.5 Å². The summed E-state index contributed by atoms with van der Waals surface area (Å²) in [5.41, 5.74) is 1.43. The van der Waals surface area contributed by atoms with Gasteiger partial charge in [0.1, 0.15) is 5.56 Å². The quantitative estimate of drug-likeness (QED) is 0.123. The van der Waals surface area contributed by atoms with Crippen LogP contribution in [0.1, 0.15) is 51.6 Å². The molecule has 0 bridgehead atoms. The molecule has 0 spiro atoms. The highest BCUT2D eigenvalue weighted by molar-refractivity contribution is 6.04. The zero-order valence-electron chi connectivity index (χ0n) is 24.2. The van der Waals surface area contributed by atoms with Crippen LogP contribution in [-0.2, 0) is 22.5 Å². The highest BCUT2D eigenvalue weighted by Gasteiger charge is 2.33. The molecule has 1 aliphatic rings. The van der Waals surface area contributed by atoms with Gasteiger partial charge in [0.25, 0.3) is 5.91 Å². The summed E-state index contributed by atoms with van der Waals surface area (Å²) in [6, 6.07) is 19.1. The third-order valence-corrected chi connectivity index (χ3v) is 7.46. The van der Waals surface area contributed by atoms with Gasteiger partial charge in [-0.1, -0.05) is 42.5 Å². The molecule has 7 nitrogen and oxygen atoms in total. The molecule has 5 rings (SSSR count). The van der Waals surface area contributed by atoms with Gasteiger partial charge in [0.15, 0.2) is 29.6 Å². The van der Waals surface area contributed by atoms with Crippen LogP contribution < -0.4 is 5.32 Å². The molecule has 45 heavy (non-hydrogen) atoms. The Labute approximate surface area is 256 Å². The van der Waals surface area contributed by atoms with E-state index in [9.17, 15) is 31.9 Å². The fraction of sp³-hybridized carbons (Fsp3) is 0.273. The van der Waals surface area contributed by atoms with Crippen molar-refractivity contribution in [2.24, 2.45) is 0 Å². The van der Waals surface area contributed by atoms with Gasteiger partial charge in [0.2, 0.25) is 5.82 Å². The lowest BCUT2D eigenvalue weighted by atomic mass is 9.99. The van der Waals surface area contributed by atoms with Crippen LogP contribution >= 0.6 is 0 Å². The molecule has 4 aromatic rings. The number of hydrogen-bond donors (Lipinski definition) is 2. The largest absolute Gasteiger partial charge is 0.392 e. The molecule has 1 aromatic heterocycles. The van der Waals surface area contributed by atoms with Gasteiger partial charge in [-0.3, -0.25) is 9.78 Å². The Kier molecular flexibility index (Phi) is 10.2.